The molecule has 2 fully saturated rings. The predicted octanol–water partition coefficient (Wildman–Crippen LogP) is 4.02. The van der Waals surface area contributed by atoms with E-state index in [0.717, 1.165) is 60.7 Å². The number of allylic oxidation sites excluding steroid dienone is 2. The van der Waals surface area contributed by atoms with E-state index in [9.17, 15) is 4.79 Å². The number of carbonyl (C=O) groups excluding carboxylic acids is 1. The van der Waals surface area contributed by atoms with E-state index in [1.165, 1.54) is 25.5 Å². The number of likely N-dealkylation sites (N-methyl/N-ethyl adjacent to an activating group) is 1. The Morgan fingerprint density at radius 2 is 2.04 bits per heavy atom. The lowest BCUT2D eigenvalue weighted by Gasteiger charge is -2.45. The van der Waals surface area contributed by atoms with E-state index in [1.54, 1.807) is 4.90 Å². The fourth-order valence-corrected chi connectivity index (χ4v) is 4.74. The highest BCUT2D eigenvalue weighted by Crippen LogP contribution is 2.37. The smallest absolute Gasteiger partial charge is 0.249 e. The Morgan fingerprint density at radius 3 is 2.65 bits per heavy atom. The molecule has 0 aromatic rings. The molecule has 6 nitrogen and oxygen atoms in total. The number of hydrogen-bond donors (Lipinski definition) is 0. The van der Waals surface area contributed by atoms with Crippen LogP contribution in [0.25, 0.3) is 0 Å². The van der Waals surface area contributed by atoms with Crippen molar-refractivity contribution in [3.8, 4) is 0 Å². The quantitative estimate of drug-likeness (QED) is 0.396. The molecule has 1 unspecified atom stereocenters. The summed E-state index contributed by atoms with van der Waals surface area (Å²) in [5, 5.41) is 0.844. The van der Waals surface area contributed by atoms with Crippen LogP contribution >= 0.6 is 12.0 Å². The summed E-state index contributed by atoms with van der Waals surface area (Å²) in [6.07, 6.45) is 9.27. The normalized spacial score (nSPS) is 24.6. The third-order valence-corrected chi connectivity index (χ3v) is 6.29. The fraction of sp³-hybridized carbons (Fsp3) is 0.684. The standard InChI is InChI=1S/C19H29N3O3S/c1-5-13-11-12-16-17(20-18(13)26-25-24-4)22(14-9-7-8-10-14)15(6-2)19(23)21(16)3/h12,14-15H,5-11H2,1-4H3. The highest BCUT2D eigenvalue weighted by molar-refractivity contribution is 7.98. The molecule has 1 saturated heterocycles. The van der Waals surface area contributed by atoms with Crippen LogP contribution in [0.1, 0.15) is 58.8 Å². The fourth-order valence-electron chi connectivity index (χ4n) is 4.14. The molecule has 3 aliphatic rings. The van der Waals surface area contributed by atoms with Gasteiger partial charge in [0.25, 0.3) is 0 Å². The minimum Gasteiger partial charge on any atom is -0.340 e. The topological polar surface area (TPSA) is 54.4 Å². The van der Waals surface area contributed by atoms with E-state index in [2.05, 4.69) is 24.8 Å². The van der Waals surface area contributed by atoms with Gasteiger partial charge >= 0.3 is 0 Å². The first-order chi connectivity index (χ1) is 12.6. The Bertz CT molecular complexity index is 638. The van der Waals surface area contributed by atoms with Crippen molar-refractivity contribution in [2.24, 2.45) is 4.99 Å². The van der Waals surface area contributed by atoms with Gasteiger partial charge in [-0.3, -0.25) is 4.79 Å². The van der Waals surface area contributed by atoms with Crippen LogP contribution in [-0.2, 0) is 14.0 Å². The van der Waals surface area contributed by atoms with Crippen LogP contribution in [0.15, 0.2) is 27.4 Å². The molecule has 1 atom stereocenters. The number of amides is 1. The second-order valence-corrected chi connectivity index (χ2v) is 7.67. The molecular weight excluding hydrogens is 350 g/mol. The van der Waals surface area contributed by atoms with Crippen molar-refractivity contribution in [3.05, 3.63) is 22.4 Å². The van der Waals surface area contributed by atoms with Crippen molar-refractivity contribution in [2.45, 2.75) is 70.9 Å². The van der Waals surface area contributed by atoms with Crippen LogP contribution in [0.2, 0.25) is 0 Å². The molecule has 0 spiro atoms. The van der Waals surface area contributed by atoms with Crippen molar-refractivity contribution in [2.75, 3.05) is 14.2 Å². The maximum atomic E-state index is 13.0. The summed E-state index contributed by atoms with van der Waals surface area (Å²) in [7, 11) is 3.37. The van der Waals surface area contributed by atoms with Gasteiger partial charge in [0.1, 0.15) is 11.1 Å². The number of piperazine rings is 1. The molecule has 1 amide bonds. The Labute approximate surface area is 160 Å². The molecule has 26 heavy (non-hydrogen) atoms. The number of aliphatic imine (C=N–C) groups is 1. The molecule has 0 aromatic heterocycles. The summed E-state index contributed by atoms with van der Waals surface area (Å²) in [6, 6.07) is 0.245. The average Bonchev–Trinajstić information content (AvgIpc) is 3.11. The molecule has 0 N–H and O–H groups in total. The van der Waals surface area contributed by atoms with Crippen molar-refractivity contribution >= 4 is 23.8 Å². The van der Waals surface area contributed by atoms with Crippen molar-refractivity contribution in [1.29, 1.82) is 0 Å². The van der Waals surface area contributed by atoms with Crippen LogP contribution in [0.5, 0.6) is 0 Å². The number of rotatable bonds is 6. The highest BCUT2D eigenvalue weighted by Gasteiger charge is 2.43. The Hall–Kier alpha value is -1.31. The summed E-state index contributed by atoms with van der Waals surface area (Å²) in [5.41, 5.74) is 2.12. The van der Waals surface area contributed by atoms with Gasteiger partial charge in [0.15, 0.2) is 5.84 Å². The zero-order chi connectivity index (χ0) is 18.7. The minimum atomic E-state index is -0.142. The first-order valence-electron chi connectivity index (χ1n) is 9.56. The highest BCUT2D eigenvalue weighted by atomic mass is 32.2. The summed E-state index contributed by atoms with van der Waals surface area (Å²) in [6.45, 7) is 4.20. The summed E-state index contributed by atoms with van der Waals surface area (Å²) < 4.78 is 5.13. The SMILES string of the molecule is CCC1=C(SOOC)N=C2C(=CC1)N(C)C(=O)C(CC)N2C1CCCC1. The van der Waals surface area contributed by atoms with Gasteiger partial charge in [-0.2, -0.15) is 4.33 Å². The number of fused-ring (bicyclic) bond motifs is 1. The van der Waals surface area contributed by atoms with E-state index < -0.39 is 0 Å². The van der Waals surface area contributed by atoms with E-state index in [-0.39, 0.29) is 11.9 Å². The lowest BCUT2D eigenvalue weighted by molar-refractivity contribution is -0.159. The first kappa shape index (κ1) is 19.5. The molecule has 144 valence electrons. The third-order valence-electron chi connectivity index (χ3n) is 5.55. The lowest BCUT2D eigenvalue weighted by atomic mass is 10.0. The molecule has 2 heterocycles. The predicted molar refractivity (Wildman–Crippen MR) is 104 cm³/mol. The van der Waals surface area contributed by atoms with Crippen LogP contribution in [0.3, 0.4) is 0 Å². The van der Waals surface area contributed by atoms with Crippen LogP contribution in [0, 0.1) is 0 Å². The average molecular weight is 380 g/mol. The van der Waals surface area contributed by atoms with E-state index >= 15 is 0 Å². The maximum absolute atomic E-state index is 13.0. The van der Waals surface area contributed by atoms with E-state index in [4.69, 9.17) is 14.2 Å². The number of nitrogens with zero attached hydrogens (tertiary/aromatic N) is 3. The van der Waals surface area contributed by atoms with Crippen molar-refractivity contribution in [3.63, 3.8) is 0 Å². The third kappa shape index (κ3) is 3.57. The van der Waals surface area contributed by atoms with Crippen molar-refractivity contribution in [1.82, 2.24) is 9.80 Å². The summed E-state index contributed by atoms with van der Waals surface area (Å²) in [5.74, 6) is 1.09. The van der Waals surface area contributed by atoms with Crippen molar-refractivity contribution < 1.29 is 14.0 Å². The largest absolute Gasteiger partial charge is 0.340 e. The molecule has 0 bridgehead atoms. The monoisotopic (exact) mass is 379 g/mol. The van der Waals surface area contributed by atoms with Gasteiger partial charge in [0, 0.05) is 13.1 Å². The molecule has 7 heteroatoms. The van der Waals surface area contributed by atoms with Gasteiger partial charge in [0.05, 0.1) is 24.8 Å². The Balaban J connectivity index is 2.07. The summed E-state index contributed by atoms with van der Waals surface area (Å²) >= 11 is 1.16. The Kier molecular flexibility index (Phi) is 6.42. The molecule has 3 rings (SSSR count). The molecule has 1 aliphatic carbocycles. The van der Waals surface area contributed by atoms with Gasteiger partial charge < -0.3 is 9.80 Å². The number of amidine groups is 1. The van der Waals surface area contributed by atoms with Crippen LogP contribution in [-0.4, -0.2) is 47.8 Å². The zero-order valence-electron chi connectivity index (χ0n) is 16.2. The minimum absolute atomic E-state index is 0.142. The molecule has 0 aromatic carbocycles. The molecule has 1 saturated carbocycles. The van der Waals surface area contributed by atoms with Gasteiger partial charge in [-0.25, -0.2) is 9.88 Å². The molecule has 2 aliphatic heterocycles. The van der Waals surface area contributed by atoms with E-state index in [1.807, 2.05) is 7.05 Å². The van der Waals surface area contributed by atoms with Gasteiger partial charge in [-0.15, -0.1) is 0 Å². The molecular formula is C19H29N3O3S. The summed E-state index contributed by atoms with van der Waals surface area (Å²) in [4.78, 5) is 26.9. The number of carbonyl (C=O) groups is 1. The second kappa shape index (κ2) is 8.59. The first-order valence-corrected chi connectivity index (χ1v) is 10.3. The zero-order valence-corrected chi connectivity index (χ0v) is 17.0. The van der Waals surface area contributed by atoms with Gasteiger partial charge in [-0.1, -0.05) is 32.8 Å². The number of hydrogen-bond acceptors (Lipinski definition) is 6. The lowest BCUT2D eigenvalue weighted by Crippen LogP contribution is -2.60. The van der Waals surface area contributed by atoms with Gasteiger partial charge in [-0.05, 0) is 37.7 Å². The van der Waals surface area contributed by atoms with E-state index in [0.29, 0.717) is 6.04 Å². The molecule has 0 radical (unpaired) electrons. The van der Waals surface area contributed by atoms with Crippen LogP contribution < -0.4 is 0 Å². The second-order valence-electron chi connectivity index (χ2n) is 6.98. The van der Waals surface area contributed by atoms with Crippen LogP contribution in [0.4, 0.5) is 0 Å². The van der Waals surface area contributed by atoms with Gasteiger partial charge in [0.2, 0.25) is 5.91 Å². The Morgan fingerprint density at radius 1 is 1.31 bits per heavy atom. The maximum Gasteiger partial charge on any atom is 0.249 e.